The number of aliphatic imine (C=N–C) groups is 1. The Balaban J connectivity index is 0.00000225. The van der Waals surface area contributed by atoms with Gasteiger partial charge in [0, 0.05) is 20.6 Å². The lowest BCUT2D eigenvalue weighted by atomic mass is 10.1. The number of guanidine groups is 1. The van der Waals surface area contributed by atoms with E-state index in [4.69, 9.17) is 0 Å². The van der Waals surface area contributed by atoms with Crippen molar-refractivity contribution >= 4 is 29.9 Å². The van der Waals surface area contributed by atoms with Crippen LogP contribution in [0.2, 0.25) is 0 Å². The van der Waals surface area contributed by atoms with Crippen molar-refractivity contribution in [1.82, 2.24) is 10.6 Å². The molecule has 16 heavy (non-hydrogen) atoms. The van der Waals surface area contributed by atoms with Crippen LogP contribution in [0.4, 0.5) is 4.39 Å². The van der Waals surface area contributed by atoms with Gasteiger partial charge in [-0.05, 0) is 24.1 Å². The number of hydrogen-bond donors (Lipinski definition) is 2. The molecule has 1 rings (SSSR count). The van der Waals surface area contributed by atoms with Crippen molar-refractivity contribution in [2.45, 2.75) is 6.42 Å². The maximum absolute atomic E-state index is 12.8. The van der Waals surface area contributed by atoms with Crippen molar-refractivity contribution in [1.29, 1.82) is 0 Å². The summed E-state index contributed by atoms with van der Waals surface area (Å²) < 4.78 is 12.8. The van der Waals surface area contributed by atoms with E-state index in [0.717, 1.165) is 24.5 Å². The summed E-state index contributed by atoms with van der Waals surface area (Å²) >= 11 is 0. The highest BCUT2D eigenvalue weighted by Crippen LogP contribution is 2.03. The quantitative estimate of drug-likeness (QED) is 0.501. The molecule has 0 bridgehead atoms. The number of nitrogens with zero attached hydrogens (tertiary/aromatic N) is 1. The van der Waals surface area contributed by atoms with Gasteiger partial charge in [-0.25, -0.2) is 4.39 Å². The topological polar surface area (TPSA) is 36.4 Å². The number of benzene rings is 1. The predicted molar refractivity (Wildman–Crippen MR) is 75.9 cm³/mol. The zero-order valence-corrected chi connectivity index (χ0v) is 11.8. The Morgan fingerprint density at radius 2 is 2.19 bits per heavy atom. The second-order valence-corrected chi connectivity index (χ2v) is 3.13. The third-order valence-corrected chi connectivity index (χ3v) is 2.06. The SMILES string of the molecule is CN=C(NC)NCCc1cccc(F)c1.I. The molecule has 1 aromatic rings. The Morgan fingerprint density at radius 1 is 1.44 bits per heavy atom. The van der Waals surface area contributed by atoms with Gasteiger partial charge in [0.1, 0.15) is 5.82 Å². The zero-order chi connectivity index (χ0) is 11.1. The standard InChI is InChI=1S/C11H16FN3.HI/c1-13-11(14-2)15-7-6-9-4-3-5-10(12)8-9;/h3-5,8H,6-7H2,1-2H3,(H2,13,14,15);1H. The third kappa shape index (κ3) is 5.29. The van der Waals surface area contributed by atoms with E-state index in [-0.39, 0.29) is 29.8 Å². The zero-order valence-electron chi connectivity index (χ0n) is 9.46. The summed E-state index contributed by atoms with van der Waals surface area (Å²) in [7, 11) is 3.51. The van der Waals surface area contributed by atoms with Crippen LogP contribution in [-0.4, -0.2) is 26.6 Å². The minimum absolute atomic E-state index is 0. The molecule has 0 unspecified atom stereocenters. The molecule has 3 nitrogen and oxygen atoms in total. The first-order valence-electron chi connectivity index (χ1n) is 4.89. The first kappa shape index (κ1) is 15.2. The smallest absolute Gasteiger partial charge is 0.190 e. The van der Waals surface area contributed by atoms with Crippen LogP contribution in [0.25, 0.3) is 0 Å². The molecule has 0 aliphatic rings. The van der Waals surface area contributed by atoms with Gasteiger partial charge in [0.05, 0.1) is 0 Å². The van der Waals surface area contributed by atoms with Crippen LogP contribution < -0.4 is 10.6 Å². The molecule has 0 spiro atoms. The van der Waals surface area contributed by atoms with Gasteiger partial charge in [-0.2, -0.15) is 0 Å². The van der Waals surface area contributed by atoms with E-state index < -0.39 is 0 Å². The molecule has 2 N–H and O–H groups in total. The molecular weight excluding hydrogens is 320 g/mol. The predicted octanol–water partition coefficient (Wildman–Crippen LogP) is 1.78. The van der Waals surface area contributed by atoms with Gasteiger partial charge in [0.25, 0.3) is 0 Å². The van der Waals surface area contributed by atoms with E-state index in [9.17, 15) is 4.39 Å². The first-order valence-corrected chi connectivity index (χ1v) is 4.89. The van der Waals surface area contributed by atoms with Crippen molar-refractivity contribution in [3.8, 4) is 0 Å². The Morgan fingerprint density at radius 3 is 2.75 bits per heavy atom. The van der Waals surface area contributed by atoms with Crippen LogP contribution >= 0.6 is 24.0 Å². The largest absolute Gasteiger partial charge is 0.359 e. The molecule has 0 fully saturated rings. The second kappa shape index (κ2) is 8.32. The lowest BCUT2D eigenvalue weighted by molar-refractivity contribution is 0.625. The molecule has 0 saturated carbocycles. The molecule has 0 aromatic heterocycles. The van der Waals surface area contributed by atoms with Crippen LogP contribution in [0.3, 0.4) is 0 Å². The lowest BCUT2D eigenvalue weighted by Gasteiger charge is -2.08. The third-order valence-electron chi connectivity index (χ3n) is 2.06. The fourth-order valence-electron chi connectivity index (χ4n) is 1.30. The van der Waals surface area contributed by atoms with Crippen LogP contribution in [-0.2, 0) is 6.42 Å². The van der Waals surface area contributed by atoms with Crippen LogP contribution in [0.5, 0.6) is 0 Å². The molecule has 90 valence electrons. The number of hydrogen-bond acceptors (Lipinski definition) is 1. The van der Waals surface area contributed by atoms with Crippen molar-refractivity contribution in [2.75, 3.05) is 20.6 Å². The molecule has 0 radical (unpaired) electrons. The first-order chi connectivity index (χ1) is 7.26. The molecule has 0 aliphatic heterocycles. The summed E-state index contributed by atoms with van der Waals surface area (Å²) in [6, 6.07) is 6.62. The van der Waals surface area contributed by atoms with Crippen molar-refractivity contribution < 1.29 is 4.39 Å². The van der Waals surface area contributed by atoms with Gasteiger partial charge in [0.15, 0.2) is 5.96 Å². The Labute approximate surface area is 113 Å². The minimum Gasteiger partial charge on any atom is -0.359 e. The van der Waals surface area contributed by atoms with Crippen LogP contribution in [0.1, 0.15) is 5.56 Å². The van der Waals surface area contributed by atoms with Crippen LogP contribution in [0.15, 0.2) is 29.3 Å². The van der Waals surface area contributed by atoms with Crippen molar-refractivity contribution in [2.24, 2.45) is 4.99 Å². The summed E-state index contributed by atoms with van der Waals surface area (Å²) in [6.07, 6.45) is 0.776. The average Bonchev–Trinajstić information content (AvgIpc) is 2.25. The maximum atomic E-state index is 12.8. The molecule has 1 aromatic carbocycles. The van der Waals surface area contributed by atoms with Gasteiger partial charge in [0.2, 0.25) is 0 Å². The molecule has 0 amide bonds. The summed E-state index contributed by atoms with van der Waals surface area (Å²) in [5, 5.41) is 6.02. The summed E-state index contributed by atoms with van der Waals surface area (Å²) in [5.74, 6) is 0.553. The summed E-state index contributed by atoms with van der Waals surface area (Å²) in [4.78, 5) is 3.98. The van der Waals surface area contributed by atoms with Crippen LogP contribution in [0, 0.1) is 5.82 Å². The van der Waals surface area contributed by atoms with Gasteiger partial charge in [-0.1, -0.05) is 12.1 Å². The highest BCUT2D eigenvalue weighted by Gasteiger charge is 1.96. The number of rotatable bonds is 3. The Hall–Kier alpha value is -0.850. The number of nitrogens with one attached hydrogen (secondary N) is 2. The maximum Gasteiger partial charge on any atom is 0.190 e. The monoisotopic (exact) mass is 337 g/mol. The normalized spacial score (nSPS) is 10.6. The molecule has 0 atom stereocenters. The Kier molecular flexibility index (Phi) is 7.88. The van der Waals surface area contributed by atoms with Gasteiger partial charge >= 0.3 is 0 Å². The van der Waals surface area contributed by atoms with E-state index in [0.29, 0.717) is 0 Å². The summed E-state index contributed by atoms with van der Waals surface area (Å²) in [6.45, 7) is 0.733. The van der Waals surface area contributed by atoms with E-state index >= 15 is 0 Å². The van der Waals surface area contributed by atoms with Gasteiger partial charge in [-0.15, -0.1) is 24.0 Å². The van der Waals surface area contributed by atoms with Crippen molar-refractivity contribution in [3.63, 3.8) is 0 Å². The second-order valence-electron chi connectivity index (χ2n) is 3.13. The molecule has 0 aliphatic carbocycles. The number of halogens is 2. The van der Waals surface area contributed by atoms with Gasteiger partial charge in [-0.3, -0.25) is 4.99 Å². The summed E-state index contributed by atoms with van der Waals surface area (Å²) in [5.41, 5.74) is 0.981. The average molecular weight is 337 g/mol. The fraction of sp³-hybridized carbons (Fsp3) is 0.364. The lowest BCUT2D eigenvalue weighted by Crippen LogP contribution is -2.35. The fourth-order valence-corrected chi connectivity index (χ4v) is 1.30. The highest BCUT2D eigenvalue weighted by molar-refractivity contribution is 14.0. The van der Waals surface area contributed by atoms with E-state index in [1.165, 1.54) is 6.07 Å². The molecule has 0 heterocycles. The van der Waals surface area contributed by atoms with E-state index in [1.54, 1.807) is 26.2 Å². The van der Waals surface area contributed by atoms with E-state index in [1.807, 2.05) is 6.07 Å². The van der Waals surface area contributed by atoms with E-state index in [2.05, 4.69) is 15.6 Å². The molecule has 0 saturated heterocycles. The van der Waals surface area contributed by atoms with Gasteiger partial charge < -0.3 is 10.6 Å². The molecular formula is C11H17FIN3. The van der Waals surface area contributed by atoms with Crippen molar-refractivity contribution in [3.05, 3.63) is 35.6 Å². The molecule has 5 heteroatoms. The highest BCUT2D eigenvalue weighted by atomic mass is 127. The minimum atomic E-state index is -0.189. The Bertz CT molecular complexity index is 342.